The summed E-state index contributed by atoms with van der Waals surface area (Å²) in [6, 6.07) is -0.589. The van der Waals surface area contributed by atoms with Crippen molar-refractivity contribution in [1.82, 2.24) is 15.6 Å². The summed E-state index contributed by atoms with van der Waals surface area (Å²) in [6.45, 7) is 6.07. The van der Waals surface area contributed by atoms with Gasteiger partial charge in [0.15, 0.2) is 0 Å². The molecule has 0 radical (unpaired) electrons. The predicted octanol–water partition coefficient (Wildman–Crippen LogP) is 0.421. The molecule has 1 aromatic rings. The normalized spacial score (nSPS) is 12.2. The first-order chi connectivity index (χ1) is 9.43. The van der Waals surface area contributed by atoms with Crippen LogP contribution in [-0.2, 0) is 22.6 Å². The molecule has 1 heterocycles. The summed E-state index contributed by atoms with van der Waals surface area (Å²) in [5.41, 5.74) is 6.52. The third kappa shape index (κ3) is 5.26. The van der Waals surface area contributed by atoms with Crippen molar-refractivity contribution in [3.8, 4) is 0 Å². The zero-order valence-electron chi connectivity index (χ0n) is 12.1. The number of aromatic nitrogens is 1. The van der Waals surface area contributed by atoms with Crippen molar-refractivity contribution < 1.29 is 9.59 Å². The Morgan fingerprint density at radius 2 is 2.10 bits per heavy atom. The second-order valence-corrected chi connectivity index (χ2v) is 5.79. The van der Waals surface area contributed by atoms with Crippen LogP contribution in [0.2, 0.25) is 0 Å². The summed E-state index contributed by atoms with van der Waals surface area (Å²) >= 11 is 1.58. The quantitative estimate of drug-likeness (QED) is 0.679. The van der Waals surface area contributed by atoms with Crippen molar-refractivity contribution in [2.75, 3.05) is 6.54 Å². The Morgan fingerprint density at radius 1 is 1.40 bits per heavy atom. The Kier molecular flexibility index (Phi) is 6.60. The van der Waals surface area contributed by atoms with E-state index in [1.54, 1.807) is 11.3 Å². The number of thiazole rings is 1. The molecular formula is C13H22N4O2S. The van der Waals surface area contributed by atoms with Crippen molar-refractivity contribution >= 4 is 23.2 Å². The molecule has 0 spiro atoms. The van der Waals surface area contributed by atoms with Crippen molar-refractivity contribution in [3.63, 3.8) is 0 Å². The largest absolute Gasteiger partial charge is 0.349 e. The summed E-state index contributed by atoms with van der Waals surface area (Å²) in [5.74, 6) is -0.516. The van der Waals surface area contributed by atoms with E-state index in [0.29, 0.717) is 6.54 Å². The summed E-state index contributed by atoms with van der Waals surface area (Å²) < 4.78 is 0. The van der Waals surface area contributed by atoms with Crippen LogP contribution in [0.4, 0.5) is 0 Å². The second-order valence-electron chi connectivity index (χ2n) is 4.85. The lowest BCUT2D eigenvalue weighted by atomic mass is 10.1. The first kappa shape index (κ1) is 16.6. The van der Waals surface area contributed by atoms with E-state index in [4.69, 9.17) is 5.73 Å². The van der Waals surface area contributed by atoms with Gasteiger partial charge >= 0.3 is 0 Å². The lowest BCUT2D eigenvalue weighted by molar-refractivity contribution is -0.127. The highest BCUT2D eigenvalue weighted by Crippen LogP contribution is 2.09. The van der Waals surface area contributed by atoms with Gasteiger partial charge in [-0.1, -0.05) is 20.8 Å². The summed E-state index contributed by atoms with van der Waals surface area (Å²) in [5, 5.41) is 8.20. The fourth-order valence-corrected chi connectivity index (χ4v) is 2.18. The summed E-state index contributed by atoms with van der Waals surface area (Å²) in [4.78, 5) is 27.5. The molecule has 2 amide bonds. The van der Waals surface area contributed by atoms with Crippen molar-refractivity contribution in [3.05, 3.63) is 16.1 Å². The van der Waals surface area contributed by atoms with Gasteiger partial charge in [-0.05, 0) is 12.3 Å². The number of rotatable bonds is 7. The molecule has 0 saturated carbocycles. The molecule has 0 saturated heterocycles. The third-order valence-electron chi connectivity index (χ3n) is 2.81. The number of hydrogen-bond acceptors (Lipinski definition) is 5. The van der Waals surface area contributed by atoms with Crippen molar-refractivity contribution in [2.45, 2.75) is 39.8 Å². The van der Waals surface area contributed by atoms with E-state index < -0.39 is 6.04 Å². The van der Waals surface area contributed by atoms with E-state index >= 15 is 0 Å². The molecule has 0 aliphatic carbocycles. The van der Waals surface area contributed by atoms with Crippen molar-refractivity contribution in [2.24, 2.45) is 11.7 Å². The highest BCUT2D eigenvalue weighted by atomic mass is 32.1. The van der Waals surface area contributed by atoms with Crippen LogP contribution in [0.15, 0.2) is 5.38 Å². The molecule has 112 valence electrons. The highest BCUT2D eigenvalue weighted by molar-refractivity contribution is 7.09. The van der Waals surface area contributed by atoms with Gasteiger partial charge in [-0.3, -0.25) is 9.59 Å². The van der Waals surface area contributed by atoms with Crippen LogP contribution in [0.25, 0.3) is 0 Å². The van der Waals surface area contributed by atoms with Crippen LogP contribution in [0, 0.1) is 5.92 Å². The maximum absolute atomic E-state index is 11.6. The standard InChI is InChI=1S/C13H22N4O2S/c1-4-11-17-9(7-20-11)5-15-10(18)6-16-13(19)12(14)8(2)3/h7-8,12H,4-6,14H2,1-3H3,(H,15,18)(H,16,19)/t12-/m0/s1. The Morgan fingerprint density at radius 3 is 2.65 bits per heavy atom. The van der Waals surface area contributed by atoms with Crippen LogP contribution in [-0.4, -0.2) is 29.4 Å². The molecule has 1 aromatic heterocycles. The zero-order valence-corrected chi connectivity index (χ0v) is 12.9. The van der Waals surface area contributed by atoms with E-state index in [1.165, 1.54) is 0 Å². The lowest BCUT2D eigenvalue weighted by Gasteiger charge is -2.14. The predicted molar refractivity (Wildman–Crippen MR) is 79.2 cm³/mol. The van der Waals surface area contributed by atoms with Crippen molar-refractivity contribution in [1.29, 1.82) is 0 Å². The fraction of sp³-hybridized carbons (Fsp3) is 0.615. The molecule has 20 heavy (non-hydrogen) atoms. The Labute approximate surface area is 123 Å². The van der Waals surface area contributed by atoms with Gasteiger partial charge in [-0.25, -0.2) is 4.98 Å². The molecule has 0 aromatic carbocycles. The van der Waals surface area contributed by atoms with Gasteiger partial charge in [0.05, 0.1) is 29.8 Å². The average molecular weight is 298 g/mol. The molecule has 7 heteroatoms. The number of nitrogens with zero attached hydrogens (tertiary/aromatic N) is 1. The fourth-order valence-electron chi connectivity index (χ4n) is 1.43. The van der Waals surface area contributed by atoms with E-state index in [-0.39, 0.29) is 24.3 Å². The molecule has 0 bridgehead atoms. The number of hydrogen-bond donors (Lipinski definition) is 3. The van der Waals surface area contributed by atoms with Gasteiger partial charge in [-0.15, -0.1) is 11.3 Å². The van der Waals surface area contributed by atoms with Crippen LogP contribution < -0.4 is 16.4 Å². The number of amides is 2. The monoisotopic (exact) mass is 298 g/mol. The molecule has 0 unspecified atom stereocenters. The van der Waals surface area contributed by atoms with Gasteiger partial charge in [0.25, 0.3) is 0 Å². The number of aryl methyl sites for hydroxylation is 1. The lowest BCUT2D eigenvalue weighted by Crippen LogP contribution is -2.47. The minimum absolute atomic E-state index is 0.0422. The molecule has 1 rings (SSSR count). The third-order valence-corrected chi connectivity index (χ3v) is 3.85. The molecule has 0 aliphatic heterocycles. The minimum atomic E-state index is -0.589. The molecule has 0 aliphatic rings. The minimum Gasteiger partial charge on any atom is -0.349 e. The molecule has 6 nitrogen and oxygen atoms in total. The van der Waals surface area contributed by atoms with E-state index in [2.05, 4.69) is 15.6 Å². The number of carbonyl (C=O) groups is 2. The van der Waals surface area contributed by atoms with Crippen LogP contribution in [0.5, 0.6) is 0 Å². The molecule has 1 atom stereocenters. The molecule has 4 N–H and O–H groups in total. The van der Waals surface area contributed by atoms with Crippen LogP contribution in [0.3, 0.4) is 0 Å². The topological polar surface area (TPSA) is 97.1 Å². The molecule has 0 fully saturated rings. The van der Waals surface area contributed by atoms with E-state index in [0.717, 1.165) is 17.1 Å². The zero-order chi connectivity index (χ0) is 15.1. The SMILES string of the molecule is CCc1nc(CNC(=O)CNC(=O)[C@@H](N)C(C)C)cs1. The van der Waals surface area contributed by atoms with Gasteiger partial charge in [0.1, 0.15) is 0 Å². The first-order valence-corrected chi connectivity index (χ1v) is 7.55. The first-order valence-electron chi connectivity index (χ1n) is 6.67. The second kappa shape index (κ2) is 7.96. The van der Waals surface area contributed by atoms with E-state index in [1.807, 2.05) is 26.2 Å². The Balaban J connectivity index is 2.28. The number of nitrogens with one attached hydrogen (secondary N) is 2. The number of carbonyl (C=O) groups excluding carboxylic acids is 2. The van der Waals surface area contributed by atoms with Crippen LogP contribution in [0.1, 0.15) is 31.5 Å². The van der Waals surface area contributed by atoms with Gasteiger partial charge in [-0.2, -0.15) is 0 Å². The average Bonchev–Trinajstić information content (AvgIpc) is 2.89. The maximum atomic E-state index is 11.6. The van der Waals surface area contributed by atoms with Gasteiger partial charge < -0.3 is 16.4 Å². The van der Waals surface area contributed by atoms with Gasteiger partial charge in [0, 0.05) is 5.38 Å². The Bertz CT molecular complexity index is 459. The Hall–Kier alpha value is -1.47. The number of nitrogens with two attached hydrogens (primary N) is 1. The van der Waals surface area contributed by atoms with Crippen LogP contribution >= 0.6 is 11.3 Å². The summed E-state index contributed by atoms with van der Waals surface area (Å²) in [6.07, 6.45) is 0.891. The highest BCUT2D eigenvalue weighted by Gasteiger charge is 2.17. The summed E-state index contributed by atoms with van der Waals surface area (Å²) in [7, 11) is 0. The maximum Gasteiger partial charge on any atom is 0.239 e. The molecular weight excluding hydrogens is 276 g/mol. The van der Waals surface area contributed by atoms with Gasteiger partial charge in [0.2, 0.25) is 11.8 Å². The van der Waals surface area contributed by atoms with E-state index in [9.17, 15) is 9.59 Å². The smallest absolute Gasteiger partial charge is 0.239 e.